The van der Waals surface area contributed by atoms with Gasteiger partial charge in [-0.2, -0.15) is 0 Å². The molecule has 0 fully saturated rings. The Morgan fingerprint density at radius 3 is 2.32 bits per heavy atom. The molecule has 0 bridgehead atoms. The van der Waals surface area contributed by atoms with Gasteiger partial charge in [-0.1, -0.05) is 28.9 Å². The van der Waals surface area contributed by atoms with Gasteiger partial charge in [-0.25, -0.2) is 14.1 Å². The number of carbonyl (C=O) groups is 3. The fraction of sp³-hybridized carbons (Fsp3) is 0.238. The SMILES string of the molecule is CCO/N=C(/COc1cc(N2C(=O)c3ccccc3C2=O)c(F)cc1Cl)C(=O)OCC. The Labute approximate surface area is 182 Å². The van der Waals surface area contributed by atoms with E-state index in [9.17, 15) is 18.8 Å². The van der Waals surface area contributed by atoms with Crippen molar-refractivity contribution in [3.63, 3.8) is 0 Å². The molecule has 1 heterocycles. The number of rotatable bonds is 8. The topological polar surface area (TPSA) is 94.5 Å². The largest absolute Gasteiger partial charge is 0.485 e. The van der Waals surface area contributed by atoms with Crippen molar-refractivity contribution in [1.82, 2.24) is 0 Å². The van der Waals surface area contributed by atoms with E-state index in [0.29, 0.717) is 4.90 Å². The number of ether oxygens (including phenoxy) is 2. The monoisotopic (exact) mass is 448 g/mol. The maximum absolute atomic E-state index is 14.6. The number of halogens is 2. The van der Waals surface area contributed by atoms with Crippen LogP contribution >= 0.6 is 11.6 Å². The fourth-order valence-corrected chi connectivity index (χ4v) is 3.04. The quantitative estimate of drug-likeness (QED) is 0.265. The van der Waals surface area contributed by atoms with Crippen LogP contribution in [0.25, 0.3) is 0 Å². The summed E-state index contributed by atoms with van der Waals surface area (Å²) in [5.74, 6) is -3.05. The number of hydrogen-bond acceptors (Lipinski definition) is 7. The molecule has 2 aromatic carbocycles. The van der Waals surface area contributed by atoms with Crippen LogP contribution in [0, 0.1) is 5.82 Å². The molecule has 31 heavy (non-hydrogen) atoms. The molecule has 0 saturated carbocycles. The second-order valence-electron chi connectivity index (χ2n) is 6.19. The normalized spacial score (nSPS) is 13.3. The van der Waals surface area contributed by atoms with Gasteiger partial charge < -0.3 is 14.3 Å². The van der Waals surface area contributed by atoms with Crippen LogP contribution in [-0.2, 0) is 14.4 Å². The van der Waals surface area contributed by atoms with Gasteiger partial charge in [-0.15, -0.1) is 0 Å². The van der Waals surface area contributed by atoms with Crippen molar-refractivity contribution in [3.05, 3.63) is 58.4 Å². The lowest BCUT2D eigenvalue weighted by Gasteiger charge is -2.17. The van der Waals surface area contributed by atoms with Crippen molar-refractivity contribution in [1.29, 1.82) is 0 Å². The molecule has 0 radical (unpaired) electrons. The van der Waals surface area contributed by atoms with Crippen LogP contribution in [0.2, 0.25) is 5.02 Å². The molecule has 2 aromatic rings. The molecule has 0 N–H and O–H groups in total. The summed E-state index contributed by atoms with van der Waals surface area (Å²) in [6.07, 6.45) is 0. The van der Waals surface area contributed by atoms with Gasteiger partial charge in [0, 0.05) is 6.07 Å². The van der Waals surface area contributed by atoms with Crippen molar-refractivity contribution in [3.8, 4) is 5.75 Å². The maximum atomic E-state index is 14.6. The van der Waals surface area contributed by atoms with E-state index in [1.165, 1.54) is 12.1 Å². The summed E-state index contributed by atoms with van der Waals surface area (Å²) >= 11 is 6.06. The average molecular weight is 449 g/mol. The summed E-state index contributed by atoms with van der Waals surface area (Å²) in [5, 5.41) is 3.53. The predicted octanol–water partition coefficient (Wildman–Crippen LogP) is 3.61. The molecule has 1 aliphatic heterocycles. The number of carbonyl (C=O) groups excluding carboxylic acids is 3. The van der Waals surface area contributed by atoms with Gasteiger partial charge in [0.05, 0.1) is 28.4 Å². The number of esters is 1. The van der Waals surface area contributed by atoms with Gasteiger partial charge >= 0.3 is 5.97 Å². The van der Waals surface area contributed by atoms with E-state index < -0.39 is 30.2 Å². The molecule has 1 aliphatic rings. The Bertz CT molecular complexity index is 1040. The molecular formula is C21H18ClFN2O6. The zero-order valence-electron chi connectivity index (χ0n) is 16.7. The third-order valence-corrected chi connectivity index (χ3v) is 4.51. The molecule has 0 aromatic heterocycles. The van der Waals surface area contributed by atoms with Gasteiger partial charge in [0.2, 0.25) is 5.71 Å². The molecule has 0 unspecified atom stereocenters. The summed E-state index contributed by atoms with van der Waals surface area (Å²) in [6.45, 7) is 3.24. The first-order valence-electron chi connectivity index (χ1n) is 9.34. The van der Waals surface area contributed by atoms with Crippen molar-refractivity contribution in [2.45, 2.75) is 13.8 Å². The number of imide groups is 1. The molecule has 2 amide bonds. The Hall–Kier alpha value is -3.46. The molecule has 8 nitrogen and oxygen atoms in total. The third-order valence-electron chi connectivity index (χ3n) is 4.22. The third kappa shape index (κ3) is 4.51. The van der Waals surface area contributed by atoms with Gasteiger partial charge in [0.25, 0.3) is 11.8 Å². The van der Waals surface area contributed by atoms with Crippen molar-refractivity contribution < 1.29 is 33.1 Å². The Balaban J connectivity index is 1.89. The van der Waals surface area contributed by atoms with E-state index in [0.717, 1.165) is 12.1 Å². The number of benzene rings is 2. The van der Waals surface area contributed by atoms with Crippen LogP contribution < -0.4 is 9.64 Å². The van der Waals surface area contributed by atoms with E-state index in [2.05, 4.69) is 5.16 Å². The molecule has 0 spiro atoms. The van der Waals surface area contributed by atoms with Gasteiger partial charge in [0.15, 0.2) is 0 Å². The maximum Gasteiger partial charge on any atom is 0.359 e. The average Bonchev–Trinajstić information content (AvgIpc) is 3.00. The second-order valence-corrected chi connectivity index (χ2v) is 6.60. The number of hydrogen-bond donors (Lipinski definition) is 0. The van der Waals surface area contributed by atoms with Crippen LogP contribution in [0.5, 0.6) is 5.75 Å². The van der Waals surface area contributed by atoms with E-state index in [4.69, 9.17) is 25.9 Å². The van der Waals surface area contributed by atoms with Gasteiger partial charge in [0.1, 0.15) is 24.8 Å². The standard InChI is InChI=1S/C21H18ClFN2O6/c1-3-29-21(28)16(24-31-4-2)11-30-18-10-17(15(23)9-14(18)22)25-19(26)12-7-5-6-8-13(12)20(25)27/h5-10H,3-4,11H2,1-2H3/b24-16-. The van der Waals surface area contributed by atoms with Crippen molar-refractivity contribution in [2.75, 3.05) is 24.7 Å². The van der Waals surface area contributed by atoms with Gasteiger partial charge in [-0.3, -0.25) is 9.59 Å². The summed E-state index contributed by atoms with van der Waals surface area (Å²) in [7, 11) is 0. The Morgan fingerprint density at radius 2 is 1.74 bits per heavy atom. The molecule has 10 heteroatoms. The minimum Gasteiger partial charge on any atom is -0.485 e. The van der Waals surface area contributed by atoms with Crippen LogP contribution in [0.4, 0.5) is 10.1 Å². The molecule has 0 saturated heterocycles. The number of fused-ring (bicyclic) bond motifs is 1. The number of nitrogens with zero attached hydrogens (tertiary/aromatic N) is 2. The first kappa shape index (κ1) is 22.2. The molecule has 0 atom stereocenters. The fourth-order valence-electron chi connectivity index (χ4n) is 2.83. The molecule has 0 aliphatic carbocycles. The Morgan fingerprint density at radius 1 is 1.10 bits per heavy atom. The molecule has 3 rings (SSSR count). The van der Waals surface area contributed by atoms with E-state index in [1.807, 2.05) is 0 Å². The lowest BCUT2D eigenvalue weighted by molar-refractivity contribution is -0.135. The number of anilines is 1. The minimum atomic E-state index is -0.888. The number of amides is 2. The molecular weight excluding hydrogens is 431 g/mol. The summed E-state index contributed by atoms with van der Waals surface area (Å²) < 4.78 is 25.0. The van der Waals surface area contributed by atoms with Crippen LogP contribution in [0.1, 0.15) is 34.6 Å². The Kier molecular flexibility index (Phi) is 6.86. The minimum absolute atomic E-state index is 0.0666. The highest BCUT2D eigenvalue weighted by molar-refractivity contribution is 6.37. The lowest BCUT2D eigenvalue weighted by atomic mass is 10.1. The highest BCUT2D eigenvalue weighted by Gasteiger charge is 2.38. The first-order chi connectivity index (χ1) is 14.9. The highest BCUT2D eigenvalue weighted by Crippen LogP contribution is 2.36. The predicted molar refractivity (Wildman–Crippen MR) is 110 cm³/mol. The van der Waals surface area contributed by atoms with Crippen molar-refractivity contribution >= 4 is 40.8 Å². The first-order valence-corrected chi connectivity index (χ1v) is 9.72. The van der Waals surface area contributed by atoms with Crippen LogP contribution in [0.15, 0.2) is 41.6 Å². The zero-order valence-corrected chi connectivity index (χ0v) is 17.4. The zero-order chi connectivity index (χ0) is 22.5. The lowest BCUT2D eigenvalue weighted by Crippen LogP contribution is -2.30. The highest BCUT2D eigenvalue weighted by atomic mass is 35.5. The van der Waals surface area contributed by atoms with Gasteiger partial charge in [-0.05, 0) is 32.0 Å². The van der Waals surface area contributed by atoms with Crippen molar-refractivity contribution in [2.24, 2.45) is 5.16 Å². The summed E-state index contributed by atoms with van der Waals surface area (Å²) in [6, 6.07) is 8.21. The van der Waals surface area contributed by atoms with Crippen LogP contribution in [0.3, 0.4) is 0 Å². The van der Waals surface area contributed by atoms with E-state index >= 15 is 0 Å². The van der Waals surface area contributed by atoms with Crippen LogP contribution in [-0.4, -0.2) is 43.3 Å². The summed E-state index contributed by atoms with van der Waals surface area (Å²) in [5.41, 5.74) is -0.174. The van der Waals surface area contributed by atoms with E-state index in [1.54, 1.807) is 26.0 Å². The number of oxime groups is 1. The second kappa shape index (κ2) is 9.57. The molecule has 162 valence electrons. The summed E-state index contributed by atoms with van der Waals surface area (Å²) in [4.78, 5) is 42.9. The smallest absolute Gasteiger partial charge is 0.359 e. The van der Waals surface area contributed by atoms with E-state index in [-0.39, 0.29) is 46.5 Å².